The van der Waals surface area contributed by atoms with E-state index in [4.69, 9.17) is 11.6 Å². The minimum Gasteiger partial charge on any atom is -0.334 e. The number of nitrogens with zero attached hydrogens (tertiary/aromatic N) is 2. The fourth-order valence-electron chi connectivity index (χ4n) is 4.59. The van der Waals surface area contributed by atoms with Crippen LogP contribution in [0.5, 0.6) is 0 Å². The molecule has 0 saturated carbocycles. The van der Waals surface area contributed by atoms with Crippen LogP contribution in [0.1, 0.15) is 27.0 Å². The van der Waals surface area contributed by atoms with Crippen LogP contribution in [-0.2, 0) is 24.3 Å². The summed E-state index contributed by atoms with van der Waals surface area (Å²) in [6, 6.07) is 21.9. The van der Waals surface area contributed by atoms with Crippen molar-refractivity contribution in [3.8, 4) is 0 Å². The molecule has 1 aromatic heterocycles. The highest BCUT2D eigenvalue weighted by molar-refractivity contribution is 6.31. The highest BCUT2D eigenvalue weighted by Crippen LogP contribution is 2.25. The van der Waals surface area contributed by atoms with E-state index in [1.807, 2.05) is 37.3 Å². The molecule has 1 N–H and O–H groups in total. The summed E-state index contributed by atoms with van der Waals surface area (Å²) < 4.78 is 1.40. The second-order valence-corrected chi connectivity index (χ2v) is 9.11. The lowest BCUT2D eigenvalue weighted by atomic mass is 9.98. The van der Waals surface area contributed by atoms with Crippen LogP contribution in [0.25, 0.3) is 10.9 Å². The molecule has 176 valence electrons. The number of pyridine rings is 1. The Morgan fingerprint density at radius 3 is 2.54 bits per heavy atom. The number of fused-ring (bicyclic) bond motifs is 2. The molecule has 0 atom stereocenters. The third kappa shape index (κ3) is 4.45. The average Bonchev–Trinajstić information content (AvgIpc) is 2.87. The molecule has 3 aromatic carbocycles. The van der Waals surface area contributed by atoms with Gasteiger partial charge in [0.1, 0.15) is 6.54 Å². The van der Waals surface area contributed by atoms with Crippen LogP contribution in [0.3, 0.4) is 0 Å². The Hall–Kier alpha value is -3.90. The standard InChI is InChI=1S/C28H24ClN3O3/c1-18-23(29)10-6-11-24(18)30-26(33)17-32-25-12-5-4-9-21(25)22(15-27(32)34)28(35)31-14-13-19-7-2-3-8-20(19)16-31/h2-12,15H,13-14,16-17H2,1H3,(H,30,33). The van der Waals surface area contributed by atoms with Gasteiger partial charge in [-0.2, -0.15) is 0 Å². The molecular weight excluding hydrogens is 462 g/mol. The van der Waals surface area contributed by atoms with Gasteiger partial charge in [-0.3, -0.25) is 19.0 Å². The number of carbonyl (C=O) groups excluding carboxylic acids is 2. The van der Waals surface area contributed by atoms with Gasteiger partial charge >= 0.3 is 0 Å². The first-order valence-corrected chi connectivity index (χ1v) is 11.8. The molecule has 7 heteroatoms. The number of para-hydroxylation sites is 1. The Balaban J connectivity index is 1.46. The number of aromatic nitrogens is 1. The maximum atomic E-state index is 13.5. The van der Waals surface area contributed by atoms with Gasteiger partial charge in [-0.25, -0.2) is 0 Å². The molecule has 0 spiro atoms. The molecule has 0 unspecified atom stereocenters. The minimum absolute atomic E-state index is 0.182. The van der Waals surface area contributed by atoms with Gasteiger partial charge < -0.3 is 10.2 Å². The second kappa shape index (κ2) is 9.39. The molecule has 0 bridgehead atoms. The summed E-state index contributed by atoms with van der Waals surface area (Å²) in [7, 11) is 0. The number of benzene rings is 3. The first kappa shape index (κ1) is 22.9. The van der Waals surface area contributed by atoms with E-state index in [0.29, 0.717) is 40.3 Å². The van der Waals surface area contributed by atoms with Crippen molar-refractivity contribution in [2.45, 2.75) is 26.4 Å². The highest BCUT2D eigenvalue weighted by atomic mass is 35.5. The smallest absolute Gasteiger partial charge is 0.255 e. The van der Waals surface area contributed by atoms with E-state index in [-0.39, 0.29) is 18.4 Å². The predicted octanol–water partition coefficient (Wildman–Crippen LogP) is 4.80. The number of nitrogens with one attached hydrogen (secondary N) is 1. The maximum absolute atomic E-state index is 13.5. The Morgan fingerprint density at radius 1 is 0.971 bits per heavy atom. The molecular formula is C28H24ClN3O3. The monoisotopic (exact) mass is 485 g/mol. The largest absolute Gasteiger partial charge is 0.334 e. The van der Waals surface area contributed by atoms with Crippen molar-refractivity contribution in [3.63, 3.8) is 0 Å². The Bertz CT molecular complexity index is 1530. The van der Waals surface area contributed by atoms with Gasteiger partial charge in [0, 0.05) is 35.3 Å². The quantitative estimate of drug-likeness (QED) is 0.451. The topological polar surface area (TPSA) is 71.4 Å². The van der Waals surface area contributed by atoms with Crippen molar-refractivity contribution >= 4 is 40.0 Å². The van der Waals surface area contributed by atoms with Crippen LogP contribution in [-0.4, -0.2) is 27.8 Å². The van der Waals surface area contributed by atoms with Crippen LogP contribution < -0.4 is 10.9 Å². The molecule has 0 radical (unpaired) electrons. The summed E-state index contributed by atoms with van der Waals surface area (Å²) >= 11 is 6.16. The van der Waals surface area contributed by atoms with E-state index >= 15 is 0 Å². The maximum Gasteiger partial charge on any atom is 0.255 e. The van der Waals surface area contributed by atoms with Crippen molar-refractivity contribution in [2.75, 3.05) is 11.9 Å². The molecule has 1 aliphatic heterocycles. The van der Waals surface area contributed by atoms with E-state index in [1.54, 1.807) is 35.2 Å². The van der Waals surface area contributed by atoms with E-state index in [2.05, 4.69) is 11.4 Å². The third-order valence-corrected chi connectivity index (χ3v) is 6.92. The van der Waals surface area contributed by atoms with Crippen LogP contribution in [0.4, 0.5) is 5.69 Å². The number of rotatable bonds is 4. The summed E-state index contributed by atoms with van der Waals surface area (Å²) in [6.07, 6.45) is 0.778. The summed E-state index contributed by atoms with van der Waals surface area (Å²) in [5.41, 5.74) is 4.21. The molecule has 2 amide bonds. The van der Waals surface area contributed by atoms with Crippen molar-refractivity contribution in [1.29, 1.82) is 0 Å². The van der Waals surface area contributed by atoms with E-state index < -0.39 is 5.56 Å². The lowest BCUT2D eigenvalue weighted by Crippen LogP contribution is -2.37. The van der Waals surface area contributed by atoms with E-state index in [1.165, 1.54) is 16.2 Å². The molecule has 5 rings (SSSR count). The molecule has 0 fully saturated rings. The van der Waals surface area contributed by atoms with Crippen LogP contribution in [0.2, 0.25) is 5.02 Å². The number of halogens is 1. The number of amides is 2. The second-order valence-electron chi connectivity index (χ2n) is 8.71. The summed E-state index contributed by atoms with van der Waals surface area (Å²) in [5, 5.41) is 4.02. The van der Waals surface area contributed by atoms with Gasteiger partial charge in [0.05, 0.1) is 11.1 Å². The lowest BCUT2D eigenvalue weighted by molar-refractivity contribution is -0.116. The fraction of sp³-hybridized carbons (Fsp3) is 0.179. The van der Waals surface area contributed by atoms with Gasteiger partial charge in [-0.1, -0.05) is 60.1 Å². The van der Waals surface area contributed by atoms with Crippen LogP contribution in [0.15, 0.2) is 77.6 Å². The van der Waals surface area contributed by atoms with Gasteiger partial charge in [0.15, 0.2) is 0 Å². The minimum atomic E-state index is -0.401. The predicted molar refractivity (Wildman–Crippen MR) is 138 cm³/mol. The van der Waals surface area contributed by atoms with Gasteiger partial charge in [-0.15, -0.1) is 0 Å². The molecule has 4 aromatic rings. The molecule has 2 heterocycles. The Labute approximate surface area is 207 Å². The fourth-order valence-corrected chi connectivity index (χ4v) is 4.76. The zero-order chi connectivity index (χ0) is 24.5. The number of anilines is 1. The Kier molecular flexibility index (Phi) is 6.14. The summed E-state index contributed by atoms with van der Waals surface area (Å²) in [6.45, 7) is 2.73. The lowest BCUT2D eigenvalue weighted by Gasteiger charge is -2.29. The summed E-state index contributed by atoms with van der Waals surface area (Å²) in [4.78, 5) is 41.3. The van der Waals surface area contributed by atoms with Gasteiger partial charge in [0.2, 0.25) is 5.91 Å². The normalized spacial score (nSPS) is 12.9. The summed E-state index contributed by atoms with van der Waals surface area (Å²) in [5.74, 6) is -0.534. The van der Waals surface area contributed by atoms with Crippen molar-refractivity contribution in [1.82, 2.24) is 9.47 Å². The van der Waals surface area contributed by atoms with Crippen LogP contribution in [0, 0.1) is 6.92 Å². The first-order chi connectivity index (χ1) is 16.9. The Morgan fingerprint density at radius 2 is 1.71 bits per heavy atom. The molecule has 0 aliphatic carbocycles. The zero-order valence-corrected chi connectivity index (χ0v) is 20.0. The molecule has 6 nitrogen and oxygen atoms in total. The molecule has 0 saturated heterocycles. The van der Waals surface area contributed by atoms with Crippen molar-refractivity contribution in [2.24, 2.45) is 0 Å². The van der Waals surface area contributed by atoms with Crippen molar-refractivity contribution < 1.29 is 9.59 Å². The third-order valence-electron chi connectivity index (χ3n) is 6.51. The van der Waals surface area contributed by atoms with E-state index in [9.17, 15) is 14.4 Å². The number of hydrogen-bond donors (Lipinski definition) is 1. The number of hydrogen-bond acceptors (Lipinski definition) is 3. The van der Waals surface area contributed by atoms with Crippen LogP contribution >= 0.6 is 11.6 Å². The SMILES string of the molecule is Cc1c(Cl)cccc1NC(=O)Cn1c(=O)cc(C(=O)N2CCc3ccccc3C2)c2ccccc21. The number of carbonyl (C=O) groups is 2. The molecule has 35 heavy (non-hydrogen) atoms. The average molecular weight is 486 g/mol. The van der Waals surface area contributed by atoms with Crippen molar-refractivity contribution in [3.05, 3.63) is 110 Å². The highest BCUT2D eigenvalue weighted by Gasteiger charge is 2.24. The zero-order valence-electron chi connectivity index (χ0n) is 19.3. The first-order valence-electron chi connectivity index (χ1n) is 11.5. The van der Waals surface area contributed by atoms with Gasteiger partial charge in [-0.05, 0) is 48.2 Å². The van der Waals surface area contributed by atoms with E-state index in [0.717, 1.165) is 17.5 Å². The molecule has 1 aliphatic rings. The van der Waals surface area contributed by atoms with Gasteiger partial charge in [0.25, 0.3) is 11.5 Å².